The van der Waals surface area contributed by atoms with E-state index < -0.39 is 22.1 Å². The summed E-state index contributed by atoms with van der Waals surface area (Å²) in [5, 5.41) is 0. The SMILES string of the molecule is NCCc1ccc(NS(=O)(=O)c2ccc(OC(F)(F)F)cc2)cc1. The fraction of sp³-hybridized carbons (Fsp3) is 0.200. The summed E-state index contributed by atoms with van der Waals surface area (Å²) in [5.74, 6) is -0.493. The molecule has 2 rings (SSSR count). The minimum absolute atomic E-state index is 0.178. The van der Waals surface area contributed by atoms with E-state index in [1.807, 2.05) is 0 Å². The van der Waals surface area contributed by atoms with E-state index in [0.29, 0.717) is 18.7 Å². The molecule has 0 unspecified atom stereocenters. The number of ether oxygens (including phenoxy) is 1. The van der Waals surface area contributed by atoms with Gasteiger partial charge in [-0.05, 0) is 54.9 Å². The van der Waals surface area contributed by atoms with Crippen LogP contribution in [0.2, 0.25) is 0 Å². The largest absolute Gasteiger partial charge is 0.573 e. The number of alkyl halides is 3. The molecule has 0 atom stereocenters. The van der Waals surface area contributed by atoms with E-state index in [1.54, 1.807) is 24.3 Å². The zero-order valence-electron chi connectivity index (χ0n) is 12.4. The molecule has 0 spiro atoms. The Morgan fingerprint density at radius 1 is 1.00 bits per heavy atom. The Bertz CT molecular complexity index is 773. The summed E-state index contributed by atoms with van der Waals surface area (Å²) in [5.41, 5.74) is 6.74. The van der Waals surface area contributed by atoms with Crippen LogP contribution >= 0.6 is 0 Å². The van der Waals surface area contributed by atoms with Gasteiger partial charge in [0, 0.05) is 5.69 Å². The topological polar surface area (TPSA) is 81.4 Å². The number of anilines is 1. The van der Waals surface area contributed by atoms with Crippen LogP contribution in [0.1, 0.15) is 5.56 Å². The van der Waals surface area contributed by atoms with Crippen LogP contribution in [-0.4, -0.2) is 21.3 Å². The van der Waals surface area contributed by atoms with E-state index in [-0.39, 0.29) is 4.90 Å². The highest BCUT2D eigenvalue weighted by atomic mass is 32.2. The number of halogens is 3. The third kappa shape index (κ3) is 5.14. The van der Waals surface area contributed by atoms with Gasteiger partial charge in [-0.15, -0.1) is 13.2 Å². The lowest BCUT2D eigenvalue weighted by Crippen LogP contribution is -2.17. The van der Waals surface area contributed by atoms with Crippen molar-refractivity contribution in [2.75, 3.05) is 11.3 Å². The molecule has 2 aromatic rings. The van der Waals surface area contributed by atoms with Crippen molar-refractivity contribution in [1.29, 1.82) is 0 Å². The highest BCUT2D eigenvalue weighted by Crippen LogP contribution is 2.24. The zero-order valence-corrected chi connectivity index (χ0v) is 13.2. The molecule has 130 valence electrons. The Kier molecular flexibility index (Phi) is 5.35. The second kappa shape index (κ2) is 7.10. The van der Waals surface area contributed by atoms with Gasteiger partial charge in [0.05, 0.1) is 4.90 Å². The van der Waals surface area contributed by atoms with Crippen molar-refractivity contribution in [2.24, 2.45) is 5.73 Å². The normalized spacial score (nSPS) is 12.0. The molecule has 24 heavy (non-hydrogen) atoms. The van der Waals surface area contributed by atoms with Gasteiger partial charge in [-0.3, -0.25) is 4.72 Å². The van der Waals surface area contributed by atoms with Gasteiger partial charge in [0.25, 0.3) is 10.0 Å². The molecule has 2 aromatic carbocycles. The van der Waals surface area contributed by atoms with Gasteiger partial charge < -0.3 is 10.5 Å². The van der Waals surface area contributed by atoms with Gasteiger partial charge in [-0.25, -0.2) is 8.42 Å². The third-order valence-corrected chi connectivity index (χ3v) is 4.40. The van der Waals surface area contributed by atoms with Gasteiger partial charge in [0.15, 0.2) is 0 Å². The summed E-state index contributed by atoms with van der Waals surface area (Å²) < 4.78 is 66.7. The summed E-state index contributed by atoms with van der Waals surface area (Å²) >= 11 is 0. The first kappa shape index (κ1) is 18.1. The van der Waals surface area contributed by atoms with Crippen LogP contribution in [0.25, 0.3) is 0 Å². The van der Waals surface area contributed by atoms with Crippen LogP contribution < -0.4 is 15.2 Å². The molecular formula is C15H15F3N2O3S. The smallest absolute Gasteiger partial charge is 0.406 e. The lowest BCUT2D eigenvalue weighted by atomic mass is 10.1. The van der Waals surface area contributed by atoms with Crippen LogP contribution in [0.5, 0.6) is 5.75 Å². The van der Waals surface area contributed by atoms with Crippen LogP contribution in [0.4, 0.5) is 18.9 Å². The average Bonchev–Trinajstić information content (AvgIpc) is 2.48. The van der Waals surface area contributed by atoms with E-state index in [0.717, 1.165) is 29.8 Å². The molecule has 0 aliphatic rings. The Morgan fingerprint density at radius 2 is 1.58 bits per heavy atom. The number of hydrogen-bond acceptors (Lipinski definition) is 4. The molecule has 0 aliphatic carbocycles. The summed E-state index contributed by atoms with van der Waals surface area (Å²) in [6.07, 6.45) is -4.16. The van der Waals surface area contributed by atoms with Crippen LogP contribution in [0.15, 0.2) is 53.4 Å². The van der Waals surface area contributed by atoms with Crippen molar-refractivity contribution in [3.8, 4) is 5.75 Å². The van der Waals surface area contributed by atoms with Crippen molar-refractivity contribution in [3.05, 3.63) is 54.1 Å². The minimum Gasteiger partial charge on any atom is -0.406 e. The molecule has 0 bridgehead atoms. The van der Waals surface area contributed by atoms with Crippen molar-refractivity contribution < 1.29 is 26.3 Å². The standard InChI is InChI=1S/C15H15F3N2O3S/c16-15(17,18)23-13-5-7-14(8-6-13)24(21,22)20-12-3-1-11(2-4-12)9-10-19/h1-8,20H,9-10,19H2. The Hall–Kier alpha value is -2.26. The Labute approximate surface area is 137 Å². The van der Waals surface area contributed by atoms with Gasteiger partial charge in [0.2, 0.25) is 0 Å². The summed E-state index contributed by atoms with van der Waals surface area (Å²) in [6, 6.07) is 10.6. The second-order valence-corrected chi connectivity index (χ2v) is 6.54. The Morgan fingerprint density at radius 3 is 2.08 bits per heavy atom. The molecule has 0 heterocycles. The molecule has 3 N–H and O–H groups in total. The molecular weight excluding hydrogens is 345 g/mol. The van der Waals surface area contributed by atoms with Crippen LogP contribution in [-0.2, 0) is 16.4 Å². The highest BCUT2D eigenvalue weighted by molar-refractivity contribution is 7.92. The zero-order chi connectivity index (χ0) is 17.8. The van der Waals surface area contributed by atoms with Crippen LogP contribution in [0.3, 0.4) is 0 Å². The number of hydrogen-bond donors (Lipinski definition) is 2. The first-order valence-electron chi connectivity index (χ1n) is 6.87. The molecule has 0 saturated heterocycles. The molecule has 0 aliphatic heterocycles. The predicted molar refractivity (Wildman–Crippen MR) is 83.1 cm³/mol. The van der Waals surface area contributed by atoms with E-state index in [2.05, 4.69) is 9.46 Å². The highest BCUT2D eigenvalue weighted by Gasteiger charge is 2.31. The first-order chi connectivity index (χ1) is 11.2. The first-order valence-corrected chi connectivity index (χ1v) is 8.35. The lowest BCUT2D eigenvalue weighted by Gasteiger charge is -2.11. The summed E-state index contributed by atoms with van der Waals surface area (Å²) in [6.45, 7) is 0.484. The van der Waals surface area contributed by atoms with Gasteiger partial charge in [-0.2, -0.15) is 0 Å². The number of sulfonamides is 1. The summed E-state index contributed by atoms with van der Waals surface area (Å²) in [4.78, 5) is -0.178. The predicted octanol–water partition coefficient (Wildman–Crippen LogP) is 2.89. The van der Waals surface area contributed by atoms with E-state index >= 15 is 0 Å². The third-order valence-electron chi connectivity index (χ3n) is 3.01. The molecule has 0 aromatic heterocycles. The monoisotopic (exact) mass is 360 g/mol. The molecule has 9 heteroatoms. The molecule has 0 radical (unpaired) electrons. The van der Waals surface area contributed by atoms with E-state index in [4.69, 9.17) is 5.73 Å². The van der Waals surface area contributed by atoms with Gasteiger partial charge in [-0.1, -0.05) is 12.1 Å². The fourth-order valence-corrected chi connectivity index (χ4v) is 3.00. The van der Waals surface area contributed by atoms with E-state index in [9.17, 15) is 21.6 Å². The molecule has 0 amide bonds. The Balaban J connectivity index is 2.12. The number of nitrogens with two attached hydrogens (primary N) is 1. The quantitative estimate of drug-likeness (QED) is 0.830. The number of nitrogens with one attached hydrogen (secondary N) is 1. The number of benzene rings is 2. The maximum atomic E-state index is 12.2. The lowest BCUT2D eigenvalue weighted by molar-refractivity contribution is -0.274. The van der Waals surface area contributed by atoms with E-state index in [1.165, 1.54) is 0 Å². The maximum Gasteiger partial charge on any atom is 0.573 e. The van der Waals surface area contributed by atoms with Gasteiger partial charge >= 0.3 is 6.36 Å². The average molecular weight is 360 g/mol. The van der Waals surface area contributed by atoms with Crippen LogP contribution in [0, 0.1) is 0 Å². The second-order valence-electron chi connectivity index (χ2n) is 4.86. The number of rotatable bonds is 6. The van der Waals surface area contributed by atoms with Gasteiger partial charge in [0.1, 0.15) is 5.75 Å². The molecule has 0 saturated carbocycles. The fourth-order valence-electron chi connectivity index (χ4n) is 1.94. The molecule has 0 fully saturated rings. The van der Waals surface area contributed by atoms with Crippen molar-refractivity contribution in [2.45, 2.75) is 17.7 Å². The minimum atomic E-state index is -4.83. The maximum absolute atomic E-state index is 12.2. The molecule has 5 nitrogen and oxygen atoms in total. The van der Waals surface area contributed by atoms with Crippen molar-refractivity contribution in [1.82, 2.24) is 0 Å². The van der Waals surface area contributed by atoms with Crippen molar-refractivity contribution in [3.63, 3.8) is 0 Å². The summed E-state index contributed by atoms with van der Waals surface area (Å²) in [7, 11) is -3.91. The van der Waals surface area contributed by atoms with Crippen molar-refractivity contribution >= 4 is 15.7 Å².